The predicted molar refractivity (Wildman–Crippen MR) is 100 cm³/mol. The van der Waals surface area contributed by atoms with Crippen molar-refractivity contribution in [1.29, 1.82) is 0 Å². The number of nitrogens with zero attached hydrogens (tertiary/aromatic N) is 2. The first-order chi connectivity index (χ1) is 12.6. The van der Waals surface area contributed by atoms with Crippen LogP contribution in [0, 0.1) is 0 Å². The standard InChI is InChI=1S/C20H29N3O3/c1-15(14-22-11-5-2-6-12-22)21-19(25)17-9-7-13-23(17)20(26)16-8-3-4-10-18(16)24/h3-4,8,10,15,17,24H,2,5-7,9,11-14H2,1H3,(H,21,25). The minimum Gasteiger partial charge on any atom is -0.507 e. The first kappa shape index (κ1) is 18.7. The van der Waals surface area contributed by atoms with Crippen molar-refractivity contribution in [3.05, 3.63) is 29.8 Å². The summed E-state index contributed by atoms with van der Waals surface area (Å²) in [5.74, 6) is -0.401. The van der Waals surface area contributed by atoms with Gasteiger partial charge in [0.25, 0.3) is 5.91 Å². The molecular weight excluding hydrogens is 330 g/mol. The van der Waals surface area contributed by atoms with Crippen LogP contribution in [0.2, 0.25) is 0 Å². The van der Waals surface area contributed by atoms with Crippen molar-refractivity contribution in [2.24, 2.45) is 0 Å². The molecule has 1 aromatic rings. The minimum absolute atomic E-state index is 0.0398. The number of piperidine rings is 1. The van der Waals surface area contributed by atoms with Gasteiger partial charge in [-0.1, -0.05) is 18.6 Å². The Balaban J connectivity index is 1.59. The molecule has 2 N–H and O–H groups in total. The van der Waals surface area contributed by atoms with Crippen LogP contribution in [-0.2, 0) is 4.79 Å². The zero-order valence-electron chi connectivity index (χ0n) is 15.5. The SMILES string of the molecule is CC(CN1CCCCC1)NC(=O)C1CCCN1C(=O)c1ccccc1O. The monoisotopic (exact) mass is 359 g/mol. The molecule has 2 aliphatic heterocycles. The largest absolute Gasteiger partial charge is 0.507 e. The summed E-state index contributed by atoms with van der Waals surface area (Å²) in [4.78, 5) is 29.5. The molecule has 0 bridgehead atoms. The van der Waals surface area contributed by atoms with Crippen LogP contribution < -0.4 is 5.32 Å². The lowest BCUT2D eigenvalue weighted by atomic mass is 10.1. The Morgan fingerprint density at radius 3 is 2.62 bits per heavy atom. The number of phenols is 1. The summed E-state index contributed by atoms with van der Waals surface area (Å²) >= 11 is 0. The number of likely N-dealkylation sites (tertiary alicyclic amines) is 2. The highest BCUT2D eigenvalue weighted by Gasteiger charge is 2.35. The van der Waals surface area contributed by atoms with Crippen molar-refractivity contribution >= 4 is 11.8 Å². The molecule has 0 saturated carbocycles. The fourth-order valence-corrected chi connectivity index (χ4v) is 4.01. The maximum absolute atomic E-state index is 12.8. The van der Waals surface area contributed by atoms with Gasteiger partial charge in [0.1, 0.15) is 11.8 Å². The maximum atomic E-state index is 12.8. The molecule has 6 nitrogen and oxygen atoms in total. The zero-order chi connectivity index (χ0) is 18.5. The van der Waals surface area contributed by atoms with Crippen molar-refractivity contribution in [2.45, 2.75) is 51.1 Å². The summed E-state index contributed by atoms with van der Waals surface area (Å²) in [6.45, 7) is 5.62. The average Bonchev–Trinajstić information content (AvgIpc) is 3.12. The van der Waals surface area contributed by atoms with Crippen LogP contribution in [0.15, 0.2) is 24.3 Å². The second-order valence-electron chi connectivity index (χ2n) is 7.44. The summed E-state index contributed by atoms with van der Waals surface area (Å²) in [7, 11) is 0. The molecule has 2 amide bonds. The summed E-state index contributed by atoms with van der Waals surface area (Å²) in [5.41, 5.74) is 0.258. The number of rotatable bonds is 5. The molecule has 142 valence electrons. The first-order valence-electron chi connectivity index (χ1n) is 9.68. The molecule has 2 fully saturated rings. The molecule has 2 saturated heterocycles. The minimum atomic E-state index is -0.453. The lowest BCUT2D eigenvalue weighted by Gasteiger charge is -2.31. The van der Waals surface area contributed by atoms with Gasteiger partial charge in [0.2, 0.25) is 5.91 Å². The first-order valence-corrected chi connectivity index (χ1v) is 9.68. The Hall–Kier alpha value is -2.08. The number of para-hydroxylation sites is 1. The second-order valence-corrected chi connectivity index (χ2v) is 7.44. The van der Waals surface area contributed by atoms with Crippen LogP contribution in [0.4, 0.5) is 0 Å². The summed E-state index contributed by atoms with van der Waals surface area (Å²) in [6, 6.07) is 6.11. The van der Waals surface area contributed by atoms with Gasteiger partial charge in [-0.2, -0.15) is 0 Å². The van der Waals surface area contributed by atoms with Gasteiger partial charge < -0.3 is 20.2 Å². The summed E-state index contributed by atoms with van der Waals surface area (Å²) in [5, 5.41) is 13.0. The van der Waals surface area contributed by atoms with E-state index < -0.39 is 6.04 Å². The van der Waals surface area contributed by atoms with Gasteiger partial charge in [0, 0.05) is 19.1 Å². The van der Waals surface area contributed by atoms with Gasteiger partial charge in [0.15, 0.2) is 0 Å². The third-order valence-electron chi connectivity index (χ3n) is 5.32. The molecular formula is C20H29N3O3. The molecule has 0 radical (unpaired) electrons. The van der Waals surface area contributed by atoms with Gasteiger partial charge in [-0.3, -0.25) is 9.59 Å². The second kappa shape index (κ2) is 8.54. The number of benzene rings is 1. The van der Waals surface area contributed by atoms with Gasteiger partial charge in [-0.15, -0.1) is 0 Å². The quantitative estimate of drug-likeness (QED) is 0.843. The van der Waals surface area contributed by atoms with Crippen LogP contribution in [-0.4, -0.2) is 65.0 Å². The van der Waals surface area contributed by atoms with Crippen LogP contribution in [0.5, 0.6) is 5.75 Å². The highest BCUT2D eigenvalue weighted by atomic mass is 16.3. The molecule has 1 aromatic carbocycles. The van der Waals surface area contributed by atoms with Gasteiger partial charge >= 0.3 is 0 Å². The fraction of sp³-hybridized carbons (Fsp3) is 0.600. The molecule has 2 aliphatic rings. The van der Waals surface area contributed by atoms with Gasteiger partial charge in [0.05, 0.1) is 5.56 Å². The van der Waals surface area contributed by atoms with Crippen molar-refractivity contribution in [2.75, 3.05) is 26.2 Å². The third-order valence-corrected chi connectivity index (χ3v) is 5.32. The molecule has 0 spiro atoms. The van der Waals surface area contributed by atoms with E-state index in [1.54, 1.807) is 23.1 Å². The van der Waals surface area contributed by atoms with Gasteiger partial charge in [-0.25, -0.2) is 0 Å². The number of nitrogens with one attached hydrogen (secondary N) is 1. The Bertz CT molecular complexity index is 643. The molecule has 0 aromatic heterocycles. The van der Waals surface area contributed by atoms with E-state index >= 15 is 0 Å². The fourth-order valence-electron chi connectivity index (χ4n) is 4.01. The van der Waals surface area contributed by atoms with Crippen LogP contribution in [0.25, 0.3) is 0 Å². The van der Waals surface area contributed by atoms with E-state index in [0.717, 1.165) is 26.1 Å². The van der Waals surface area contributed by atoms with E-state index in [1.165, 1.54) is 25.3 Å². The lowest BCUT2D eigenvalue weighted by Crippen LogP contribution is -2.51. The maximum Gasteiger partial charge on any atom is 0.258 e. The van der Waals surface area contributed by atoms with E-state index in [1.807, 2.05) is 6.92 Å². The Morgan fingerprint density at radius 1 is 1.15 bits per heavy atom. The molecule has 2 unspecified atom stereocenters. The Morgan fingerprint density at radius 2 is 1.88 bits per heavy atom. The molecule has 3 rings (SSSR count). The van der Waals surface area contributed by atoms with E-state index in [-0.39, 0.29) is 29.2 Å². The van der Waals surface area contributed by atoms with Crippen LogP contribution >= 0.6 is 0 Å². The highest BCUT2D eigenvalue weighted by molar-refractivity contribution is 5.99. The average molecular weight is 359 g/mol. The number of carbonyl (C=O) groups is 2. The topological polar surface area (TPSA) is 72.9 Å². The number of phenolic OH excluding ortho intramolecular Hbond substituents is 1. The van der Waals surface area contributed by atoms with E-state index in [0.29, 0.717) is 13.0 Å². The van der Waals surface area contributed by atoms with Crippen molar-refractivity contribution in [1.82, 2.24) is 15.1 Å². The summed E-state index contributed by atoms with van der Waals surface area (Å²) in [6.07, 6.45) is 5.22. The number of aromatic hydroxyl groups is 1. The van der Waals surface area contributed by atoms with E-state index in [9.17, 15) is 14.7 Å². The number of amides is 2. The van der Waals surface area contributed by atoms with E-state index in [4.69, 9.17) is 0 Å². The van der Waals surface area contributed by atoms with Crippen LogP contribution in [0.3, 0.4) is 0 Å². The van der Waals surface area contributed by atoms with Crippen molar-refractivity contribution < 1.29 is 14.7 Å². The normalized spacial score (nSPS) is 22.2. The third kappa shape index (κ3) is 4.36. The molecule has 2 heterocycles. The van der Waals surface area contributed by atoms with E-state index in [2.05, 4.69) is 10.2 Å². The molecule has 0 aliphatic carbocycles. The van der Waals surface area contributed by atoms with Crippen molar-refractivity contribution in [3.8, 4) is 5.75 Å². The number of carbonyl (C=O) groups excluding carboxylic acids is 2. The predicted octanol–water partition coefficient (Wildman–Crippen LogP) is 1.99. The Kier molecular flexibility index (Phi) is 6.14. The molecule has 6 heteroatoms. The highest BCUT2D eigenvalue weighted by Crippen LogP contribution is 2.24. The zero-order valence-corrected chi connectivity index (χ0v) is 15.5. The molecule has 2 atom stereocenters. The van der Waals surface area contributed by atoms with Gasteiger partial charge in [-0.05, 0) is 57.8 Å². The Labute approximate surface area is 155 Å². The van der Waals surface area contributed by atoms with Crippen LogP contribution in [0.1, 0.15) is 49.4 Å². The number of hydrogen-bond donors (Lipinski definition) is 2. The summed E-state index contributed by atoms with van der Waals surface area (Å²) < 4.78 is 0. The molecule has 26 heavy (non-hydrogen) atoms. The lowest BCUT2D eigenvalue weighted by molar-refractivity contribution is -0.125. The van der Waals surface area contributed by atoms with Crippen molar-refractivity contribution in [3.63, 3.8) is 0 Å². The number of hydrogen-bond acceptors (Lipinski definition) is 4. The smallest absolute Gasteiger partial charge is 0.258 e.